The van der Waals surface area contributed by atoms with Crippen LogP contribution in [-0.4, -0.2) is 25.9 Å². The van der Waals surface area contributed by atoms with Gasteiger partial charge in [0, 0.05) is 5.56 Å². The second-order valence-electron chi connectivity index (χ2n) is 5.63. The highest BCUT2D eigenvalue weighted by Crippen LogP contribution is 2.24. The molecule has 0 radical (unpaired) electrons. The first kappa shape index (κ1) is 18.2. The van der Waals surface area contributed by atoms with Crippen LogP contribution in [0.3, 0.4) is 0 Å². The van der Waals surface area contributed by atoms with E-state index in [4.69, 9.17) is 13.9 Å². The number of benzene rings is 2. The van der Waals surface area contributed by atoms with Crippen LogP contribution < -0.4 is 4.74 Å². The van der Waals surface area contributed by atoms with E-state index in [1.54, 1.807) is 31.5 Å². The normalized spacial score (nSPS) is 10.7. The van der Waals surface area contributed by atoms with Crippen molar-refractivity contribution in [2.24, 2.45) is 4.99 Å². The molecule has 1 aromatic heterocycles. The molecule has 5 nitrogen and oxygen atoms in total. The number of hydrogen-bond donors (Lipinski definition) is 0. The highest BCUT2D eigenvalue weighted by molar-refractivity contribution is 5.91. The van der Waals surface area contributed by atoms with Crippen molar-refractivity contribution in [1.29, 1.82) is 0 Å². The van der Waals surface area contributed by atoms with E-state index in [1.165, 1.54) is 6.08 Å². The first-order valence-electron chi connectivity index (χ1n) is 8.36. The molecule has 0 amide bonds. The fraction of sp³-hybridized carbons (Fsp3) is 0.0909. The zero-order valence-electron chi connectivity index (χ0n) is 14.9. The molecule has 0 N–H and O–H groups in total. The van der Waals surface area contributed by atoms with Crippen molar-refractivity contribution in [3.8, 4) is 17.1 Å². The number of rotatable bonds is 7. The number of carbonyl (C=O) groups is 1. The summed E-state index contributed by atoms with van der Waals surface area (Å²) in [5.41, 5.74) is 2.03. The number of hydrogen-bond acceptors (Lipinski definition) is 5. The number of ether oxygens (including phenoxy) is 2. The largest absolute Gasteiger partial charge is 0.497 e. The molecule has 3 rings (SSSR count). The van der Waals surface area contributed by atoms with E-state index in [-0.39, 0.29) is 6.61 Å². The third-order valence-corrected chi connectivity index (χ3v) is 3.76. The van der Waals surface area contributed by atoms with Crippen molar-refractivity contribution in [3.63, 3.8) is 0 Å². The van der Waals surface area contributed by atoms with E-state index in [0.29, 0.717) is 17.1 Å². The highest BCUT2D eigenvalue weighted by atomic mass is 16.5. The molecule has 0 aliphatic carbocycles. The monoisotopic (exact) mass is 361 g/mol. The molecule has 0 saturated carbocycles. The Morgan fingerprint density at radius 3 is 2.70 bits per heavy atom. The quantitative estimate of drug-likeness (QED) is 0.336. The average Bonchev–Trinajstić information content (AvgIpc) is 3.20. The molecule has 136 valence electrons. The topological polar surface area (TPSA) is 61.0 Å². The summed E-state index contributed by atoms with van der Waals surface area (Å²) < 4.78 is 16.0. The van der Waals surface area contributed by atoms with Crippen molar-refractivity contribution in [2.45, 2.75) is 0 Å². The Morgan fingerprint density at radius 1 is 1.15 bits per heavy atom. The number of nitrogens with zero attached hydrogens (tertiary/aromatic N) is 1. The summed E-state index contributed by atoms with van der Waals surface area (Å²) in [5.74, 6) is 1.63. The molecule has 1 heterocycles. The Balaban J connectivity index is 1.74. The highest BCUT2D eigenvalue weighted by Gasteiger charge is 2.10. The summed E-state index contributed by atoms with van der Waals surface area (Å²) in [7, 11) is 1.62. The number of furan rings is 1. The van der Waals surface area contributed by atoms with Gasteiger partial charge in [0.1, 0.15) is 23.9 Å². The van der Waals surface area contributed by atoms with Crippen LogP contribution in [0.15, 0.2) is 82.7 Å². The summed E-state index contributed by atoms with van der Waals surface area (Å²) in [6.07, 6.45) is 3.18. The first-order chi connectivity index (χ1) is 13.2. The van der Waals surface area contributed by atoms with Crippen LogP contribution in [0.5, 0.6) is 5.75 Å². The van der Waals surface area contributed by atoms with Crippen LogP contribution in [0, 0.1) is 0 Å². The van der Waals surface area contributed by atoms with Crippen molar-refractivity contribution in [2.75, 3.05) is 13.7 Å². The maximum atomic E-state index is 12.0. The molecule has 2 aromatic carbocycles. The lowest BCUT2D eigenvalue weighted by molar-refractivity contribution is 0.0550. The van der Waals surface area contributed by atoms with E-state index in [1.807, 2.05) is 42.5 Å². The summed E-state index contributed by atoms with van der Waals surface area (Å²) in [5, 5.41) is 0. The molecule has 0 saturated heterocycles. The van der Waals surface area contributed by atoms with Gasteiger partial charge in [-0.25, -0.2) is 4.79 Å². The van der Waals surface area contributed by atoms with Gasteiger partial charge in [-0.2, -0.15) is 0 Å². The SMILES string of the molecule is C=CCOC(=O)c1cccc(-c2ccc(C=Nc3ccc(OC)cc3)o2)c1. The molecule has 5 heteroatoms. The second-order valence-corrected chi connectivity index (χ2v) is 5.63. The molecule has 0 spiro atoms. The molecule has 0 fully saturated rings. The number of aliphatic imine (C=N–C) groups is 1. The lowest BCUT2D eigenvalue weighted by Crippen LogP contribution is -2.04. The molecule has 0 unspecified atom stereocenters. The Hall–Kier alpha value is -3.60. The van der Waals surface area contributed by atoms with E-state index in [0.717, 1.165) is 17.0 Å². The minimum Gasteiger partial charge on any atom is -0.497 e. The van der Waals surface area contributed by atoms with Crippen LogP contribution in [0.25, 0.3) is 11.3 Å². The smallest absolute Gasteiger partial charge is 0.338 e. The fourth-order valence-electron chi connectivity index (χ4n) is 2.40. The summed E-state index contributed by atoms with van der Waals surface area (Å²) in [6.45, 7) is 3.71. The van der Waals surface area contributed by atoms with E-state index < -0.39 is 5.97 Å². The van der Waals surface area contributed by atoms with E-state index in [9.17, 15) is 4.79 Å². The van der Waals surface area contributed by atoms with Gasteiger partial charge in [0.2, 0.25) is 0 Å². The number of carbonyl (C=O) groups excluding carboxylic acids is 1. The second kappa shape index (κ2) is 8.67. The van der Waals surface area contributed by atoms with Crippen LogP contribution in [0.2, 0.25) is 0 Å². The Kier molecular flexibility index (Phi) is 5.84. The average molecular weight is 361 g/mol. The zero-order chi connectivity index (χ0) is 19.1. The molecule has 0 aliphatic heterocycles. The van der Waals surface area contributed by atoms with Gasteiger partial charge < -0.3 is 13.9 Å². The Morgan fingerprint density at radius 2 is 1.96 bits per heavy atom. The molecule has 0 bridgehead atoms. The first-order valence-corrected chi connectivity index (χ1v) is 8.36. The Bertz CT molecular complexity index is 954. The van der Waals surface area contributed by atoms with Crippen molar-refractivity contribution in [1.82, 2.24) is 0 Å². The van der Waals surface area contributed by atoms with Gasteiger partial charge in [-0.3, -0.25) is 4.99 Å². The van der Waals surface area contributed by atoms with Gasteiger partial charge in [0.05, 0.1) is 24.6 Å². The summed E-state index contributed by atoms with van der Waals surface area (Å²) >= 11 is 0. The van der Waals surface area contributed by atoms with Crippen LogP contribution >= 0.6 is 0 Å². The standard InChI is InChI=1S/C22H19NO4/c1-3-13-26-22(24)17-6-4-5-16(14-17)21-12-11-20(27-21)15-23-18-7-9-19(25-2)10-8-18/h3-12,14-15H,1,13H2,2H3. The van der Waals surface area contributed by atoms with Gasteiger partial charge >= 0.3 is 5.97 Å². The maximum Gasteiger partial charge on any atom is 0.338 e. The van der Waals surface area contributed by atoms with Crippen LogP contribution in [0.4, 0.5) is 5.69 Å². The molecule has 3 aromatic rings. The maximum absolute atomic E-state index is 12.0. The Labute approximate surface area is 157 Å². The third kappa shape index (κ3) is 4.73. The molecular formula is C22H19NO4. The molecular weight excluding hydrogens is 342 g/mol. The minimum atomic E-state index is -0.399. The number of methoxy groups -OCH3 is 1. The zero-order valence-corrected chi connectivity index (χ0v) is 14.9. The summed E-state index contributed by atoms with van der Waals surface area (Å²) in [6, 6.07) is 18.2. The van der Waals surface area contributed by atoms with Gasteiger partial charge in [-0.1, -0.05) is 24.8 Å². The fourth-order valence-corrected chi connectivity index (χ4v) is 2.40. The van der Waals surface area contributed by atoms with E-state index in [2.05, 4.69) is 11.6 Å². The lowest BCUT2D eigenvalue weighted by atomic mass is 10.1. The number of esters is 1. The molecule has 0 aliphatic rings. The van der Waals surface area contributed by atoms with Crippen LogP contribution in [0.1, 0.15) is 16.1 Å². The third-order valence-electron chi connectivity index (χ3n) is 3.76. The van der Waals surface area contributed by atoms with Gasteiger partial charge in [-0.05, 0) is 48.5 Å². The minimum absolute atomic E-state index is 0.176. The molecule has 27 heavy (non-hydrogen) atoms. The van der Waals surface area contributed by atoms with Crippen molar-refractivity contribution >= 4 is 17.9 Å². The predicted molar refractivity (Wildman–Crippen MR) is 105 cm³/mol. The predicted octanol–water partition coefficient (Wildman–Crippen LogP) is 5.05. The molecule has 0 atom stereocenters. The lowest BCUT2D eigenvalue weighted by Gasteiger charge is -2.03. The van der Waals surface area contributed by atoms with Crippen LogP contribution in [-0.2, 0) is 4.74 Å². The van der Waals surface area contributed by atoms with Crippen molar-refractivity contribution in [3.05, 3.63) is 84.6 Å². The summed E-state index contributed by atoms with van der Waals surface area (Å²) in [4.78, 5) is 16.3. The van der Waals surface area contributed by atoms with Crippen molar-refractivity contribution < 1.29 is 18.7 Å². The van der Waals surface area contributed by atoms with Gasteiger partial charge in [0.15, 0.2) is 0 Å². The van der Waals surface area contributed by atoms with E-state index >= 15 is 0 Å². The van der Waals surface area contributed by atoms with Gasteiger partial charge in [-0.15, -0.1) is 0 Å². The van der Waals surface area contributed by atoms with Gasteiger partial charge in [0.25, 0.3) is 0 Å².